The SMILES string of the molecule is CC(C)(C)C(CCN)Nc1ccnc(C(N)=O)c1. The van der Waals surface area contributed by atoms with Crippen molar-refractivity contribution in [2.24, 2.45) is 16.9 Å². The summed E-state index contributed by atoms with van der Waals surface area (Å²) in [6, 6.07) is 3.71. The van der Waals surface area contributed by atoms with Gasteiger partial charge in [0.05, 0.1) is 0 Å². The Bertz CT molecular complexity index is 412. The van der Waals surface area contributed by atoms with Crippen molar-refractivity contribution in [2.75, 3.05) is 11.9 Å². The normalized spacial score (nSPS) is 13.1. The van der Waals surface area contributed by atoms with Gasteiger partial charge in [0.1, 0.15) is 5.69 Å². The predicted octanol–water partition coefficient (Wildman–Crippen LogP) is 1.36. The molecule has 1 rings (SSSR count). The van der Waals surface area contributed by atoms with Crippen molar-refractivity contribution in [3.8, 4) is 0 Å². The number of hydrogen-bond acceptors (Lipinski definition) is 4. The van der Waals surface area contributed by atoms with Crippen molar-refractivity contribution in [1.82, 2.24) is 4.98 Å². The van der Waals surface area contributed by atoms with Gasteiger partial charge < -0.3 is 16.8 Å². The monoisotopic (exact) mass is 250 g/mol. The summed E-state index contributed by atoms with van der Waals surface area (Å²) in [5, 5.41) is 3.39. The summed E-state index contributed by atoms with van der Waals surface area (Å²) >= 11 is 0. The van der Waals surface area contributed by atoms with Gasteiger partial charge in [0.25, 0.3) is 5.91 Å². The maximum Gasteiger partial charge on any atom is 0.267 e. The zero-order valence-electron chi connectivity index (χ0n) is 11.2. The summed E-state index contributed by atoms with van der Waals surface area (Å²) in [4.78, 5) is 15.0. The first-order valence-electron chi connectivity index (χ1n) is 6.07. The van der Waals surface area contributed by atoms with E-state index in [1.165, 1.54) is 0 Å². The average molecular weight is 250 g/mol. The molecule has 1 aromatic rings. The highest BCUT2D eigenvalue weighted by atomic mass is 16.1. The van der Waals surface area contributed by atoms with Crippen molar-refractivity contribution < 1.29 is 4.79 Å². The van der Waals surface area contributed by atoms with E-state index in [9.17, 15) is 4.79 Å². The summed E-state index contributed by atoms with van der Waals surface area (Å²) in [6.45, 7) is 7.06. The number of aromatic nitrogens is 1. The van der Waals surface area contributed by atoms with Crippen LogP contribution < -0.4 is 16.8 Å². The third-order valence-corrected chi connectivity index (χ3v) is 2.85. The molecule has 5 N–H and O–H groups in total. The highest BCUT2D eigenvalue weighted by Crippen LogP contribution is 2.25. The van der Waals surface area contributed by atoms with Gasteiger partial charge in [-0.1, -0.05) is 20.8 Å². The molecule has 0 radical (unpaired) electrons. The van der Waals surface area contributed by atoms with Crippen LogP contribution in [0.2, 0.25) is 0 Å². The number of carbonyl (C=O) groups excluding carboxylic acids is 1. The molecule has 5 heteroatoms. The highest BCUT2D eigenvalue weighted by Gasteiger charge is 2.23. The number of nitrogens with two attached hydrogens (primary N) is 2. The molecule has 100 valence electrons. The van der Waals surface area contributed by atoms with E-state index in [1.54, 1.807) is 12.3 Å². The average Bonchev–Trinajstić information content (AvgIpc) is 2.27. The van der Waals surface area contributed by atoms with Crippen LogP contribution >= 0.6 is 0 Å². The molecular formula is C13H22N4O. The molecular weight excluding hydrogens is 228 g/mol. The van der Waals surface area contributed by atoms with Gasteiger partial charge in [-0.2, -0.15) is 0 Å². The number of hydrogen-bond donors (Lipinski definition) is 3. The van der Waals surface area contributed by atoms with Crippen LogP contribution in [0.25, 0.3) is 0 Å². The van der Waals surface area contributed by atoms with Gasteiger partial charge in [0.2, 0.25) is 0 Å². The van der Waals surface area contributed by atoms with Gasteiger partial charge in [-0.3, -0.25) is 9.78 Å². The number of nitrogens with zero attached hydrogens (tertiary/aromatic N) is 1. The Kier molecular flexibility index (Phi) is 4.67. The molecule has 18 heavy (non-hydrogen) atoms. The predicted molar refractivity (Wildman–Crippen MR) is 73.3 cm³/mol. The lowest BCUT2D eigenvalue weighted by Gasteiger charge is -2.32. The first kappa shape index (κ1) is 14.4. The summed E-state index contributed by atoms with van der Waals surface area (Å²) in [5.74, 6) is -0.523. The Labute approximate surface area is 108 Å². The van der Waals surface area contributed by atoms with E-state index < -0.39 is 5.91 Å². The van der Waals surface area contributed by atoms with Crippen LogP contribution in [0, 0.1) is 5.41 Å². The van der Waals surface area contributed by atoms with E-state index in [1.807, 2.05) is 6.07 Å². The van der Waals surface area contributed by atoms with Gasteiger partial charge in [-0.25, -0.2) is 0 Å². The second-order valence-electron chi connectivity index (χ2n) is 5.43. The van der Waals surface area contributed by atoms with Gasteiger partial charge in [-0.05, 0) is 30.5 Å². The topological polar surface area (TPSA) is 94.0 Å². The number of nitrogens with one attached hydrogen (secondary N) is 1. The summed E-state index contributed by atoms with van der Waals surface area (Å²) in [5.41, 5.74) is 12.0. The molecule has 5 nitrogen and oxygen atoms in total. The maximum atomic E-state index is 11.1. The molecule has 0 fully saturated rings. The van der Waals surface area contributed by atoms with Crippen LogP contribution in [0.4, 0.5) is 5.69 Å². The molecule has 1 amide bonds. The molecule has 0 bridgehead atoms. The van der Waals surface area contributed by atoms with Crippen LogP contribution in [-0.2, 0) is 0 Å². The molecule has 0 aliphatic carbocycles. The molecule has 1 unspecified atom stereocenters. The largest absolute Gasteiger partial charge is 0.382 e. The molecule has 0 spiro atoms. The minimum Gasteiger partial charge on any atom is -0.382 e. The van der Waals surface area contributed by atoms with Gasteiger partial charge >= 0.3 is 0 Å². The number of amides is 1. The second-order valence-corrected chi connectivity index (χ2v) is 5.43. The van der Waals surface area contributed by atoms with Crippen LogP contribution in [0.15, 0.2) is 18.3 Å². The lowest BCUT2D eigenvalue weighted by atomic mass is 9.84. The van der Waals surface area contributed by atoms with Gasteiger partial charge in [0, 0.05) is 17.9 Å². The molecule has 0 aliphatic heterocycles. The Balaban J connectivity index is 2.87. The molecule has 0 saturated heterocycles. The van der Waals surface area contributed by atoms with Gasteiger partial charge in [-0.15, -0.1) is 0 Å². The first-order valence-corrected chi connectivity index (χ1v) is 6.07. The minimum absolute atomic E-state index is 0.0789. The summed E-state index contributed by atoms with van der Waals surface area (Å²) in [7, 11) is 0. The van der Waals surface area contributed by atoms with E-state index in [0.717, 1.165) is 12.1 Å². The number of anilines is 1. The summed E-state index contributed by atoms with van der Waals surface area (Å²) in [6.07, 6.45) is 2.43. The van der Waals surface area contributed by atoms with Crippen LogP contribution in [0.1, 0.15) is 37.7 Å². The van der Waals surface area contributed by atoms with Crippen LogP contribution in [0.5, 0.6) is 0 Å². The van der Waals surface area contributed by atoms with E-state index >= 15 is 0 Å². The maximum absolute atomic E-state index is 11.1. The van der Waals surface area contributed by atoms with Crippen molar-refractivity contribution in [3.05, 3.63) is 24.0 Å². The fourth-order valence-corrected chi connectivity index (χ4v) is 1.74. The zero-order chi connectivity index (χ0) is 13.8. The Morgan fingerprint density at radius 1 is 1.50 bits per heavy atom. The standard InChI is InChI=1S/C13H22N4O/c1-13(2,3)11(4-6-14)17-9-5-7-16-10(8-9)12(15)18/h5,7-8,11H,4,6,14H2,1-3H3,(H2,15,18)(H,16,17). The van der Waals surface area contributed by atoms with Crippen molar-refractivity contribution in [1.29, 1.82) is 0 Å². The quantitative estimate of drug-likeness (QED) is 0.735. The Morgan fingerprint density at radius 2 is 2.17 bits per heavy atom. The van der Waals surface area contributed by atoms with Crippen LogP contribution in [-0.4, -0.2) is 23.5 Å². The van der Waals surface area contributed by atoms with Crippen molar-refractivity contribution in [3.63, 3.8) is 0 Å². The number of primary amides is 1. The molecule has 1 heterocycles. The fraction of sp³-hybridized carbons (Fsp3) is 0.538. The molecule has 0 aliphatic rings. The van der Waals surface area contributed by atoms with E-state index in [4.69, 9.17) is 11.5 Å². The molecule has 0 saturated carbocycles. The third kappa shape index (κ3) is 4.00. The van der Waals surface area contributed by atoms with E-state index in [0.29, 0.717) is 6.54 Å². The number of rotatable bonds is 5. The smallest absolute Gasteiger partial charge is 0.267 e. The van der Waals surface area contributed by atoms with Crippen LogP contribution in [0.3, 0.4) is 0 Å². The minimum atomic E-state index is -0.523. The second kappa shape index (κ2) is 5.82. The summed E-state index contributed by atoms with van der Waals surface area (Å²) < 4.78 is 0. The van der Waals surface area contributed by atoms with Gasteiger partial charge in [0.15, 0.2) is 0 Å². The fourth-order valence-electron chi connectivity index (χ4n) is 1.74. The Hall–Kier alpha value is -1.62. The lowest BCUT2D eigenvalue weighted by Crippen LogP contribution is -2.36. The van der Waals surface area contributed by atoms with E-state index in [-0.39, 0.29) is 17.2 Å². The molecule has 1 atom stereocenters. The Morgan fingerprint density at radius 3 is 2.67 bits per heavy atom. The molecule has 1 aromatic heterocycles. The molecule has 0 aromatic carbocycles. The van der Waals surface area contributed by atoms with E-state index in [2.05, 4.69) is 31.1 Å². The highest BCUT2D eigenvalue weighted by molar-refractivity contribution is 5.91. The third-order valence-electron chi connectivity index (χ3n) is 2.85. The van der Waals surface area contributed by atoms with Crippen molar-refractivity contribution in [2.45, 2.75) is 33.2 Å². The number of pyridine rings is 1. The lowest BCUT2D eigenvalue weighted by molar-refractivity contribution is 0.0995. The number of carbonyl (C=O) groups is 1. The van der Waals surface area contributed by atoms with Crippen molar-refractivity contribution >= 4 is 11.6 Å². The zero-order valence-corrected chi connectivity index (χ0v) is 11.2. The first-order chi connectivity index (χ1) is 8.34.